The number of pyridine rings is 2. The molecule has 2 aromatic heterocycles. The van der Waals surface area contributed by atoms with Gasteiger partial charge in [0.15, 0.2) is 0 Å². The van der Waals surface area contributed by atoms with Crippen molar-refractivity contribution in [2.75, 3.05) is 0 Å². The minimum absolute atomic E-state index is 0.118. The van der Waals surface area contributed by atoms with E-state index >= 15 is 0 Å². The number of rotatable bonds is 5. The minimum Gasteiger partial charge on any atom is -0.487 e. The molecular formula is C14H16BrN3O. The van der Waals surface area contributed by atoms with Crippen molar-refractivity contribution in [2.24, 2.45) is 5.73 Å². The molecule has 19 heavy (non-hydrogen) atoms. The second kappa shape index (κ2) is 6.63. The quantitative estimate of drug-likeness (QED) is 0.919. The SMILES string of the molecule is CC(N)Cc1ccc(OCc2cncc(Br)c2)cn1. The summed E-state index contributed by atoms with van der Waals surface area (Å²) in [4.78, 5) is 8.41. The van der Waals surface area contributed by atoms with Crippen LogP contribution in [0.5, 0.6) is 5.75 Å². The van der Waals surface area contributed by atoms with E-state index < -0.39 is 0 Å². The maximum atomic E-state index is 5.73. The first-order chi connectivity index (χ1) is 9.13. The van der Waals surface area contributed by atoms with Crippen molar-refractivity contribution in [1.29, 1.82) is 0 Å². The summed E-state index contributed by atoms with van der Waals surface area (Å²) in [6, 6.07) is 5.95. The summed E-state index contributed by atoms with van der Waals surface area (Å²) < 4.78 is 6.60. The maximum absolute atomic E-state index is 5.73. The number of aromatic nitrogens is 2. The third-order valence-electron chi connectivity index (χ3n) is 2.50. The van der Waals surface area contributed by atoms with Gasteiger partial charge in [0, 0.05) is 40.6 Å². The Hall–Kier alpha value is -1.46. The van der Waals surface area contributed by atoms with Crippen LogP contribution in [0.15, 0.2) is 41.3 Å². The molecule has 0 amide bonds. The number of halogens is 1. The number of ether oxygens (including phenoxy) is 1. The van der Waals surface area contributed by atoms with Crippen LogP contribution in [0.1, 0.15) is 18.2 Å². The van der Waals surface area contributed by atoms with E-state index in [1.807, 2.05) is 25.1 Å². The Balaban J connectivity index is 1.93. The third kappa shape index (κ3) is 4.61. The van der Waals surface area contributed by atoms with E-state index in [4.69, 9.17) is 10.5 Å². The highest BCUT2D eigenvalue weighted by atomic mass is 79.9. The average Bonchev–Trinajstić information content (AvgIpc) is 2.37. The zero-order valence-electron chi connectivity index (χ0n) is 10.7. The third-order valence-corrected chi connectivity index (χ3v) is 2.93. The summed E-state index contributed by atoms with van der Waals surface area (Å²) >= 11 is 3.38. The van der Waals surface area contributed by atoms with Gasteiger partial charge in [0.1, 0.15) is 12.4 Å². The van der Waals surface area contributed by atoms with Gasteiger partial charge in [-0.3, -0.25) is 9.97 Å². The average molecular weight is 322 g/mol. The smallest absolute Gasteiger partial charge is 0.138 e. The first-order valence-electron chi connectivity index (χ1n) is 6.06. The van der Waals surface area contributed by atoms with E-state index in [0.717, 1.165) is 27.9 Å². The molecule has 0 aliphatic carbocycles. The highest BCUT2D eigenvalue weighted by molar-refractivity contribution is 9.10. The van der Waals surface area contributed by atoms with Crippen LogP contribution in [0.3, 0.4) is 0 Å². The van der Waals surface area contributed by atoms with Gasteiger partial charge in [-0.15, -0.1) is 0 Å². The molecule has 0 fully saturated rings. The molecule has 4 nitrogen and oxygen atoms in total. The Kier molecular flexibility index (Phi) is 4.87. The van der Waals surface area contributed by atoms with Gasteiger partial charge >= 0.3 is 0 Å². The fourth-order valence-electron chi connectivity index (χ4n) is 1.65. The van der Waals surface area contributed by atoms with Gasteiger partial charge in [-0.2, -0.15) is 0 Å². The molecule has 0 spiro atoms. The van der Waals surface area contributed by atoms with Crippen molar-refractivity contribution < 1.29 is 4.74 Å². The standard InChI is InChI=1S/C14H16BrN3O/c1-10(16)4-13-2-3-14(8-18-13)19-9-11-5-12(15)7-17-6-11/h2-3,5-8,10H,4,9,16H2,1H3. The molecule has 1 atom stereocenters. The molecule has 5 heteroatoms. The molecule has 2 aromatic rings. The van der Waals surface area contributed by atoms with Gasteiger partial charge in [0.25, 0.3) is 0 Å². The topological polar surface area (TPSA) is 61.0 Å². The van der Waals surface area contributed by atoms with E-state index in [-0.39, 0.29) is 6.04 Å². The van der Waals surface area contributed by atoms with E-state index in [1.165, 1.54) is 0 Å². The number of nitrogens with two attached hydrogens (primary N) is 1. The van der Waals surface area contributed by atoms with Crippen LogP contribution in [0.25, 0.3) is 0 Å². The monoisotopic (exact) mass is 321 g/mol. The normalized spacial score (nSPS) is 12.2. The van der Waals surface area contributed by atoms with Crippen LogP contribution in [-0.4, -0.2) is 16.0 Å². The lowest BCUT2D eigenvalue weighted by Gasteiger charge is -2.08. The molecule has 0 aliphatic rings. The van der Waals surface area contributed by atoms with Crippen LogP contribution in [0.2, 0.25) is 0 Å². The van der Waals surface area contributed by atoms with Crippen LogP contribution >= 0.6 is 15.9 Å². The lowest BCUT2D eigenvalue weighted by molar-refractivity contribution is 0.304. The lowest BCUT2D eigenvalue weighted by atomic mass is 10.2. The predicted molar refractivity (Wildman–Crippen MR) is 77.9 cm³/mol. The Morgan fingerprint density at radius 3 is 2.79 bits per heavy atom. The van der Waals surface area contributed by atoms with Gasteiger partial charge in [-0.05, 0) is 41.1 Å². The first kappa shape index (κ1) is 14.0. The minimum atomic E-state index is 0.118. The van der Waals surface area contributed by atoms with Crippen molar-refractivity contribution in [3.05, 3.63) is 52.5 Å². The molecule has 0 aliphatic heterocycles. The van der Waals surface area contributed by atoms with Crippen LogP contribution < -0.4 is 10.5 Å². The Morgan fingerprint density at radius 2 is 2.16 bits per heavy atom. The van der Waals surface area contributed by atoms with Crippen LogP contribution in [0.4, 0.5) is 0 Å². The maximum Gasteiger partial charge on any atom is 0.138 e. The molecular weight excluding hydrogens is 306 g/mol. The molecule has 1 unspecified atom stereocenters. The van der Waals surface area contributed by atoms with Crippen LogP contribution in [-0.2, 0) is 13.0 Å². The summed E-state index contributed by atoms with van der Waals surface area (Å²) in [6.45, 7) is 2.44. The van der Waals surface area contributed by atoms with Gasteiger partial charge < -0.3 is 10.5 Å². The first-order valence-corrected chi connectivity index (χ1v) is 6.85. The van der Waals surface area contributed by atoms with Crippen molar-refractivity contribution in [3.8, 4) is 5.75 Å². The molecule has 0 saturated carbocycles. The van der Waals surface area contributed by atoms with Crippen molar-refractivity contribution in [2.45, 2.75) is 26.0 Å². The Bertz CT molecular complexity index is 528. The summed E-state index contributed by atoms with van der Waals surface area (Å²) in [7, 11) is 0. The summed E-state index contributed by atoms with van der Waals surface area (Å²) in [5, 5.41) is 0. The fourth-order valence-corrected chi connectivity index (χ4v) is 2.06. The lowest BCUT2D eigenvalue weighted by Crippen LogP contribution is -2.18. The van der Waals surface area contributed by atoms with Crippen molar-refractivity contribution >= 4 is 15.9 Å². The van der Waals surface area contributed by atoms with E-state index in [9.17, 15) is 0 Å². The van der Waals surface area contributed by atoms with Gasteiger partial charge in [-0.25, -0.2) is 0 Å². The second-order valence-corrected chi connectivity index (χ2v) is 5.38. The number of hydrogen-bond donors (Lipinski definition) is 1. The summed E-state index contributed by atoms with van der Waals surface area (Å²) in [5.74, 6) is 0.744. The highest BCUT2D eigenvalue weighted by Crippen LogP contribution is 2.14. The fraction of sp³-hybridized carbons (Fsp3) is 0.286. The zero-order chi connectivity index (χ0) is 13.7. The Morgan fingerprint density at radius 1 is 1.32 bits per heavy atom. The van der Waals surface area contributed by atoms with Crippen LogP contribution in [0, 0.1) is 0 Å². The second-order valence-electron chi connectivity index (χ2n) is 4.47. The number of nitrogens with zero attached hydrogens (tertiary/aromatic N) is 2. The molecule has 100 valence electrons. The van der Waals surface area contributed by atoms with Gasteiger partial charge in [0.05, 0.1) is 6.20 Å². The molecule has 2 heterocycles. The largest absolute Gasteiger partial charge is 0.487 e. The van der Waals surface area contributed by atoms with Gasteiger partial charge in [-0.1, -0.05) is 0 Å². The molecule has 0 bridgehead atoms. The van der Waals surface area contributed by atoms with Gasteiger partial charge in [0.2, 0.25) is 0 Å². The molecule has 2 rings (SSSR count). The predicted octanol–water partition coefficient (Wildman–Crippen LogP) is 2.71. The molecule has 0 aromatic carbocycles. The highest BCUT2D eigenvalue weighted by Gasteiger charge is 2.01. The molecule has 0 saturated heterocycles. The zero-order valence-corrected chi connectivity index (χ0v) is 12.3. The summed E-state index contributed by atoms with van der Waals surface area (Å²) in [5.41, 5.74) is 7.72. The van der Waals surface area contributed by atoms with E-state index in [1.54, 1.807) is 18.6 Å². The van der Waals surface area contributed by atoms with E-state index in [0.29, 0.717) is 6.61 Å². The van der Waals surface area contributed by atoms with Crippen molar-refractivity contribution in [3.63, 3.8) is 0 Å². The summed E-state index contributed by atoms with van der Waals surface area (Å²) in [6.07, 6.45) is 6.02. The molecule has 2 N–H and O–H groups in total. The number of hydrogen-bond acceptors (Lipinski definition) is 4. The molecule has 0 radical (unpaired) electrons. The Labute approximate surface area is 121 Å². The van der Waals surface area contributed by atoms with Crippen molar-refractivity contribution in [1.82, 2.24) is 9.97 Å². The van der Waals surface area contributed by atoms with E-state index in [2.05, 4.69) is 25.9 Å².